The summed E-state index contributed by atoms with van der Waals surface area (Å²) in [6.45, 7) is 8.15. The van der Waals surface area contributed by atoms with Crippen molar-refractivity contribution in [3.63, 3.8) is 0 Å². The Labute approximate surface area is 71.7 Å². The molecule has 0 radical (unpaired) electrons. The molecule has 1 aliphatic heterocycles. The second-order valence-electron chi connectivity index (χ2n) is 4.01. The van der Waals surface area contributed by atoms with E-state index < -0.39 is 8.80 Å². The van der Waals surface area contributed by atoms with Gasteiger partial charge in [-0.3, -0.25) is 0 Å². The zero-order chi connectivity index (χ0) is 8.27. The normalized spacial score (nSPS) is 28.9. The predicted molar refractivity (Wildman–Crippen MR) is 51.7 cm³/mol. The van der Waals surface area contributed by atoms with Crippen molar-refractivity contribution in [3.8, 4) is 0 Å². The van der Waals surface area contributed by atoms with Crippen molar-refractivity contribution in [1.29, 1.82) is 0 Å². The van der Waals surface area contributed by atoms with Crippen molar-refractivity contribution in [2.45, 2.75) is 50.9 Å². The minimum atomic E-state index is -0.579. The lowest BCUT2D eigenvalue weighted by Crippen LogP contribution is -2.35. The van der Waals surface area contributed by atoms with Gasteiger partial charge in [-0.2, -0.15) is 0 Å². The Hall–Kier alpha value is 0.177. The molecule has 0 saturated carbocycles. The van der Waals surface area contributed by atoms with Gasteiger partial charge in [0.1, 0.15) is 0 Å². The second kappa shape index (κ2) is 4.26. The zero-order valence-corrected chi connectivity index (χ0v) is 9.12. The summed E-state index contributed by atoms with van der Waals surface area (Å²) in [6.07, 6.45) is 4.02. The van der Waals surface area contributed by atoms with Crippen molar-refractivity contribution in [2.24, 2.45) is 0 Å². The lowest BCUT2D eigenvalue weighted by Gasteiger charge is -2.29. The molecular formula is C9H20OSi. The van der Waals surface area contributed by atoms with Crippen LogP contribution >= 0.6 is 0 Å². The van der Waals surface area contributed by atoms with Crippen LogP contribution in [-0.2, 0) is 4.74 Å². The molecule has 1 fully saturated rings. The summed E-state index contributed by atoms with van der Waals surface area (Å²) in [6, 6.07) is 0. The number of hydrogen-bond acceptors (Lipinski definition) is 1. The van der Waals surface area contributed by atoms with Gasteiger partial charge in [-0.25, -0.2) is 0 Å². The first-order valence-corrected chi connectivity index (χ1v) is 7.32. The Morgan fingerprint density at radius 1 is 1.36 bits per heavy atom. The highest BCUT2D eigenvalue weighted by Crippen LogP contribution is 2.21. The van der Waals surface area contributed by atoms with Gasteiger partial charge in [-0.05, 0) is 19.3 Å². The Balaban J connectivity index is 2.32. The molecule has 0 N–H and O–H groups in total. The van der Waals surface area contributed by atoms with E-state index in [0.29, 0.717) is 5.73 Å². The topological polar surface area (TPSA) is 9.23 Å². The summed E-state index contributed by atoms with van der Waals surface area (Å²) >= 11 is 0. The zero-order valence-electron chi connectivity index (χ0n) is 7.97. The molecule has 1 rings (SSSR count). The van der Waals surface area contributed by atoms with Crippen molar-refractivity contribution in [2.75, 3.05) is 6.61 Å². The van der Waals surface area contributed by atoms with Gasteiger partial charge < -0.3 is 4.74 Å². The summed E-state index contributed by atoms with van der Waals surface area (Å²) in [4.78, 5) is 0. The molecule has 0 aromatic rings. The van der Waals surface area contributed by atoms with Crippen molar-refractivity contribution >= 4 is 8.80 Å². The van der Waals surface area contributed by atoms with Gasteiger partial charge in [0.15, 0.2) is 0 Å². The van der Waals surface area contributed by atoms with E-state index >= 15 is 0 Å². The average molecular weight is 172 g/mol. The van der Waals surface area contributed by atoms with Gasteiger partial charge >= 0.3 is 0 Å². The van der Waals surface area contributed by atoms with Crippen LogP contribution in [-0.4, -0.2) is 21.1 Å². The van der Waals surface area contributed by atoms with Gasteiger partial charge in [-0.15, -0.1) is 0 Å². The third-order valence-electron chi connectivity index (χ3n) is 2.85. The molecule has 1 saturated heterocycles. The molecule has 1 nitrogen and oxygen atoms in total. The van der Waals surface area contributed by atoms with Crippen molar-refractivity contribution in [3.05, 3.63) is 0 Å². The third kappa shape index (κ3) is 2.60. The first-order valence-electron chi connectivity index (χ1n) is 4.83. The maximum atomic E-state index is 5.76. The van der Waals surface area contributed by atoms with Crippen molar-refractivity contribution in [1.82, 2.24) is 0 Å². The molecular weight excluding hydrogens is 152 g/mol. The molecule has 2 atom stereocenters. The van der Waals surface area contributed by atoms with E-state index in [2.05, 4.69) is 20.4 Å². The van der Waals surface area contributed by atoms with E-state index in [1.54, 1.807) is 0 Å². The molecule has 66 valence electrons. The molecule has 1 heterocycles. The van der Waals surface area contributed by atoms with Crippen LogP contribution in [0.15, 0.2) is 0 Å². The standard InChI is InChI=1S/C9H20OSi/c1-8(2)11(3)9-6-4-5-7-10-9/h8-9,11H,4-7H2,1-3H3. The maximum Gasteiger partial charge on any atom is 0.0711 e. The summed E-state index contributed by atoms with van der Waals surface area (Å²) in [5.41, 5.74) is 1.59. The van der Waals surface area contributed by atoms with Crippen LogP contribution in [0, 0.1) is 0 Å². The van der Waals surface area contributed by atoms with Gasteiger partial charge in [0.25, 0.3) is 0 Å². The molecule has 0 spiro atoms. The van der Waals surface area contributed by atoms with Gasteiger partial charge in [-0.1, -0.05) is 25.9 Å². The minimum absolute atomic E-state index is 0.579. The van der Waals surface area contributed by atoms with Crippen molar-refractivity contribution < 1.29 is 4.74 Å². The molecule has 1 aliphatic rings. The Kier molecular flexibility index (Phi) is 3.59. The number of ether oxygens (including phenoxy) is 1. The first-order chi connectivity index (χ1) is 5.22. The fourth-order valence-electron chi connectivity index (χ4n) is 1.61. The predicted octanol–water partition coefficient (Wildman–Crippen LogP) is 2.36. The molecule has 0 bridgehead atoms. The molecule has 0 aromatic heterocycles. The number of rotatable bonds is 2. The molecule has 11 heavy (non-hydrogen) atoms. The smallest absolute Gasteiger partial charge is 0.0711 e. The number of hydrogen-bond donors (Lipinski definition) is 0. The summed E-state index contributed by atoms with van der Waals surface area (Å²) < 4.78 is 5.76. The van der Waals surface area contributed by atoms with Gasteiger partial charge in [0.05, 0.1) is 8.80 Å². The Morgan fingerprint density at radius 3 is 2.55 bits per heavy atom. The van der Waals surface area contributed by atoms with Gasteiger partial charge in [0, 0.05) is 12.3 Å². The largest absolute Gasteiger partial charge is 0.382 e. The molecule has 0 aliphatic carbocycles. The third-order valence-corrected chi connectivity index (χ3v) is 6.65. The fourth-order valence-corrected chi connectivity index (χ4v) is 3.67. The van der Waals surface area contributed by atoms with Crippen LogP contribution < -0.4 is 0 Å². The van der Waals surface area contributed by atoms with Crippen LogP contribution in [0.5, 0.6) is 0 Å². The highest BCUT2D eigenvalue weighted by Gasteiger charge is 2.23. The summed E-state index contributed by atoms with van der Waals surface area (Å²) in [5.74, 6) is 0. The van der Waals surface area contributed by atoms with E-state index in [1.807, 2.05) is 0 Å². The molecule has 2 unspecified atom stereocenters. The van der Waals surface area contributed by atoms with Crippen LogP contribution in [0.3, 0.4) is 0 Å². The first kappa shape index (κ1) is 9.27. The Bertz CT molecular complexity index is 108. The van der Waals surface area contributed by atoms with Crippen LogP contribution in [0.4, 0.5) is 0 Å². The van der Waals surface area contributed by atoms with E-state index in [4.69, 9.17) is 4.74 Å². The quantitative estimate of drug-likeness (QED) is 0.581. The van der Waals surface area contributed by atoms with E-state index in [9.17, 15) is 0 Å². The summed E-state index contributed by atoms with van der Waals surface area (Å²) in [7, 11) is -0.579. The summed E-state index contributed by atoms with van der Waals surface area (Å²) in [5, 5.41) is 0. The molecule has 0 aromatic carbocycles. The van der Waals surface area contributed by atoms with E-state index in [-0.39, 0.29) is 0 Å². The fraction of sp³-hybridized carbons (Fsp3) is 1.00. The second-order valence-corrected chi connectivity index (χ2v) is 7.80. The van der Waals surface area contributed by atoms with E-state index in [0.717, 1.165) is 12.1 Å². The van der Waals surface area contributed by atoms with Gasteiger partial charge in [0.2, 0.25) is 0 Å². The average Bonchev–Trinajstić information content (AvgIpc) is 2.05. The highest BCUT2D eigenvalue weighted by molar-refractivity contribution is 6.60. The lowest BCUT2D eigenvalue weighted by molar-refractivity contribution is 0.0620. The minimum Gasteiger partial charge on any atom is -0.382 e. The monoisotopic (exact) mass is 172 g/mol. The van der Waals surface area contributed by atoms with E-state index in [1.165, 1.54) is 19.3 Å². The van der Waals surface area contributed by atoms with Crippen LogP contribution in [0.2, 0.25) is 12.1 Å². The SMILES string of the molecule is CC(C)[SiH](C)C1CCCCO1. The van der Waals surface area contributed by atoms with Crippen LogP contribution in [0.1, 0.15) is 33.1 Å². The molecule has 2 heteroatoms. The van der Waals surface area contributed by atoms with Crippen LogP contribution in [0.25, 0.3) is 0 Å². The lowest BCUT2D eigenvalue weighted by atomic mass is 10.2. The highest BCUT2D eigenvalue weighted by atomic mass is 28.3. The Morgan fingerprint density at radius 2 is 2.09 bits per heavy atom. The maximum absolute atomic E-state index is 5.76. The molecule has 0 amide bonds.